The molecule has 2 nitrogen and oxygen atoms in total. The van der Waals surface area contributed by atoms with Crippen LogP contribution < -0.4 is 4.90 Å². The van der Waals surface area contributed by atoms with Crippen LogP contribution in [0.5, 0.6) is 0 Å². The molecule has 4 aromatic rings. The number of nitrogens with zero attached hydrogens (tertiary/aromatic N) is 1. The Morgan fingerprint density at radius 1 is 0.625 bits per heavy atom. The molecule has 0 amide bonds. The number of ether oxygens (including phenoxy) is 1. The normalized spacial score (nSPS) is 11.3. The van der Waals surface area contributed by atoms with Gasteiger partial charge in [0.15, 0.2) is 0 Å². The van der Waals surface area contributed by atoms with E-state index < -0.39 is 5.60 Å². The van der Waals surface area contributed by atoms with Crippen LogP contribution in [0, 0.1) is 0 Å². The molecular formula is C30H31NO. The monoisotopic (exact) mass is 421 g/mol. The second-order valence-corrected chi connectivity index (χ2v) is 8.30. The standard InChI is InChI=1S/C30H31NO/c1-31(2)29-22-12-21-28(24-29)30(26-17-8-4-9-18-26,27-19-10-5-11-20-27)32-23-13-16-25-14-6-3-7-15-25/h3-12,14-15,17-22,24H,13,16,23H2,1-2H3. The molecule has 0 saturated carbocycles. The van der Waals surface area contributed by atoms with Crippen LogP contribution in [0.3, 0.4) is 0 Å². The highest BCUT2D eigenvalue weighted by molar-refractivity contribution is 5.54. The van der Waals surface area contributed by atoms with Gasteiger partial charge in [0, 0.05) is 26.4 Å². The van der Waals surface area contributed by atoms with Crippen molar-refractivity contribution in [3.8, 4) is 0 Å². The number of benzene rings is 4. The Morgan fingerprint density at radius 3 is 1.72 bits per heavy atom. The van der Waals surface area contributed by atoms with Gasteiger partial charge in [0.05, 0.1) is 0 Å². The molecule has 0 heterocycles. The average Bonchev–Trinajstić information content (AvgIpc) is 2.86. The topological polar surface area (TPSA) is 12.5 Å². The zero-order valence-corrected chi connectivity index (χ0v) is 18.9. The van der Waals surface area contributed by atoms with Crippen LogP contribution in [0.4, 0.5) is 5.69 Å². The first kappa shape index (κ1) is 21.9. The predicted octanol–water partition coefficient (Wildman–Crippen LogP) is 6.69. The summed E-state index contributed by atoms with van der Waals surface area (Å²) in [5.74, 6) is 0. The van der Waals surface area contributed by atoms with Crippen molar-refractivity contribution in [1.82, 2.24) is 0 Å². The lowest BCUT2D eigenvalue weighted by Crippen LogP contribution is -2.33. The van der Waals surface area contributed by atoms with E-state index in [0.29, 0.717) is 6.61 Å². The van der Waals surface area contributed by atoms with E-state index in [1.165, 1.54) is 5.56 Å². The summed E-state index contributed by atoms with van der Waals surface area (Å²) in [6.07, 6.45) is 1.96. The Balaban J connectivity index is 1.76. The van der Waals surface area contributed by atoms with Crippen molar-refractivity contribution in [2.45, 2.75) is 18.4 Å². The molecule has 0 aliphatic carbocycles. The molecule has 0 aliphatic heterocycles. The van der Waals surface area contributed by atoms with E-state index in [1.54, 1.807) is 0 Å². The fraction of sp³-hybridized carbons (Fsp3) is 0.200. The molecule has 0 atom stereocenters. The highest BCUT2D eigenvalue weighted by Gasteiger charge is 2.37. The highest BCUT2D eigenvalue weighted by Crippen LogP contribution is 2.41. The van der Waals surface area contributed by atoms with E-state index >= 15 is 0 Å². The van der Waals surface area contributed by atoms with Crippen molar-refractivity contribution in [1.29, 1.82) is 0 Å². The SMILES string of the molecule is CN(C)c1cccc(C(OCCCc2ccccc2)(c2ccccc2)c2ccccc2)c1. The number of hydrogen-bond acceptors (Lipinski definition) is 2. The van der Waals surface area contributed by atoms with Gasteiger partial charge >= 0.3 is 0 Å². The van der Waals surface area contributed by atoms with Gasteiger partial charge in [-0.1, -0.05) is 103 Å². The summed E-state index contributed by atoms with van der Waals surface area (Å²) in [6.45, 7) is 0.658. The van der Waals surface area contributed by atoms with E-state index in [9.17, 15) is 0 Å². The Kier molecular flexibility index (Phi) is 7.03. The first-order valence-corrected chi connectivity index (χ1v) is 11.3. The third kappa shape index (κ3) is 4.76. The van der Waals surface area contributed by atoms with Crippen LogP contribution in [0.25, 0.3) is 0 Å². The summed E-state index contributed by atoms with van der Waals surface area (Å²) < 4.78 is 6.93. The van der Waals surface area contributed by atoms with Crippen LogP contribution in [0.2, 0.25) is 0 Å². The molecule has 4 aromatic carbocycles. The van der Waals surface area contributed by atoms with Gasteiger partial charge in [0.1, 0.15) is 5.60 Å². The van der Waals surface area contributed by atoms with Crippen LogP contribution in [-0.2, 0) is 16.8 Å². The average molecular weight is 422 g/mol. The molecule has 0 fully saturated rings. The van der Waals surface area contributed by atoms with Crippen molar-refractivity contribution >= 4 is 5.69 Å². The van der Waals surface area contributed by atoms with Crippen LogP contribution >= 0.6 is 0 Å². The minimum atomic E-state index is -0.675. The fourth-order valence-corrected chi connectivity index (χ4v) is 4.25. The third-order valence-electron chi connectivity index (χ3n) is 5.90. The fourth-order valence-electron chi connectivity index (χ4n) is 4.25. The number of anilines is 1. The molecule has 0 unspecified atom stereocenters. The zero-order chi connectivity index (χ0) is 22.2. The summed E-state index contributed by atoms with van der Waals surface area (Å²) in [5.41, 5.74) is 5.25. The largest absolute Gasteiger partial charge is 0.378 e. The van der Waals surface area contributed by atoms with Gasteiger partial charge < -0.3 is 9.64 Å². The van der Waals surface area contributed by atoms with E-state index in [0.717, 1.165) is 35.2 Å². The molecule has 0 spiro atoms. The minimum Gasteiger partial charge on any atom is -0.378 e. The van der Waals surface area contributed by atoms with Gasteiger partial charge in [-0.25, -0.2) is 0 Å². The summed E-state index contributed by atoms with van der Waals surface area (Å²) >= 11 is 0. The summed E-state index contributed by atoms with van der Waals surface area (Å²) in [7, 11) is 4.15. The quantitative estimate of drug-likeness (QED) is 0.220. The van der Waals surface area contributed by atoms with Crippen molar-refractivity contribution in [3.05, 3.63) is 138 Å². The highest BCUT2D eigenvalue weighted by atomic mass is 16.5. The molecule has 4 rings (SSSR count). The van der Waals surface area contributed by atoms with Crippen molar-refractivity contribution in [2.24, 2.45) is 0 Å². The van der Waals surface area contributed by atoms with E-state index in [4.69, 9.17) is 4.74 Å². The lowest BCUT2D eigenvalue weighted by molar-refractivity contribution is 0.0117. The number of rotatable bonds is 9. The molecular weight excluding hydrogens is 390 g/mol. The van der Waals surface area contributed by atoms with Crippen LogP contribution in [0.15, 0.2) is 115 Å². The summed E-state index contributed by atoms with van der Waals surface area (Å²) in [6, 6.07) is 40.5. The maximum Gasteiger partial charge on any atom is 0.143 e. The zero-order valence-electron chi connectivity index (χ0n) is 18.9. The Morgan fingerprint density at radius 2 is 1.16 bits per heavy atom. The molecule has 0 aliphatic rings. The Hall–Kier alpha value is -3.36. The van der Waals surface area contributed by atoms with Crippen LogP contribution in [0.1, 0.15) is 28.7 Å². The second kappa shape index (κ2) is 10.3. The molecule has 32 heavy (non-hydrogen) atoms. The minimum absolute atomic E-state index is 0.658. The van der Waals surface area contributed by atoms with Crippen molar-refractivity contribution < 1.29 is 4.74 Å². The molecule has 0 bridgehead atoms. The smallest absolute Gasteiger partial charge is 0.143 e. The maximum atomic E-state index is 6.93. The molecule has 0 saturated heterocycles. The molecule has 0 radical (unpaired) electrons. The van der Waals surface area contributed by atoms with Gasteiger partial charge in [0.25, 0.3) is 0 Å². The van der Waals surface area contributed by atoms with E-state index in [1.807, 2.05) is 0 Å². The third-order valence-corrected chi connectivity index (χ3v) is 5.90. The van der Waals surface area contributed by atoms with Gasteiger partial charge in [-0.15, -0.1) is 0 Å². The van der Waals surface area contributed by atoms with Crippen LogP contribution in [-0.4, -0.2) is 20.7 Å². The van der Waals surface area contributed by atoms with Crippen molar-refractivity contribution in [3.63, 3.8) is 0 Å². The summed E-state index contributed by atoms with van der Waals surface area (Å²) in [4.78, 5) is 2.14. The van der Waals surface area contributed by atoms with Gasteiger partial charge in [0.2, 0.25) is 0 Å². The first-order chi connectivity index (χ1) is 15.7. The lowest BCUT2D eigenvalue weighted by atomic mass is 9.80. The number of hydrogen-bond donors (Lipinski definition) is 0. The van der Waals surface area contributed by atoms with E-state index in [2.05, 4.69) is 134 Å². The lowest BCUT2D eigenvalue weighted by Gasteiger charge is -2.36. The first-order valence-electron chi connectivity index (χ1n) is 11.3. The molecule has 2 heteroatoms. The molecule has 0 aromatic heterocycles. The Bertz CT molecular complexity index is 1050. The van der Waals surface area contributed by atoms with E-state index in [-0.39, 0.29) is 0 Å². The number of aryl methyl sites for hydroxylation is 1. The molecule has 0 N–H and O–H groups in total. The van der Waals surface area contributed by atoms with Gasteiger partial charge in [-0.05, 0) is 47.2 Å². The summed E-state index contributed by atoms with van der Waals surface area (Å²) in [5, 5.41) is 0. The van der Waals surface area contributed by atoms with Gasteiger partial charge in [-0.2, -0.15) is 0 Å². The predicted molar refractivity (Wildman–Crippen MR) is 134 cm³/mol. The molecule has 162 valence electrons. The van der Waals surface area contributed by atoms with Gasteiger partial charge in [-0.3, -0.25) is 0 Å². The second-order valence-electron chi connectivity index (χ2n) is 8.30. The van der Waals surface area contributed by atoms with Crippen molar-refractivity contribution in [2.75, 3.05) is 25.6 Å². The maximum absolute atomic E-state index is 6.93. The Labute approximate surface area is 192 Å².